The van der Waals surface area contributed by atoms with Crippen molar-refractivity contribution in [2.45, 2.75) is 39.2 Å². The van der Waals surface area contributed by atoms with Gasteiger partial charge in [-0.25, -0.2) is 0 Å². The zero-order valence-corrected chi connectivity index (χ0v) is 9.18. The minimum absolute atomic E-state index is 0.721. The van der Waals surface area contributed by atoms with E-state index < -0.39 is 0 Å². The Balaban J connectivity index is 2.21. The van der Waals surface area contributed by atoms with Crippen LogP contribution in [0.1, 0.15) is 33.1 Å². The summed E-state index contributed by atoms with van der Waals surface area (Å²) in [6.45, 7) is 6.54. The lowest BCUT2D eigenvalue weighted by molar-refractivity contribution is 0.174. The molecule has 13 heavy (non-hydrogen) atoms. The van der Waals surface area contributed by atoms with Crippen LogP contribution < -0.4 is 5.32 Å². The van der Waals surface area contributed by atoms with Gasteiger partial charge in [-0.2, -0.15) is 0 Å². The highest BCUT2D eigenvalue weighted by Gasteiger charge is 2.24. The van der Waals surface area contributed by atoms with Crippen LogP contribution in [0.5, 0.6) is 0 Å². The molecule has 0 aromatic heterocycles. The standard InChI is InChI=1S/C11H23NO/c1-9-4-5-10(2)11(8-9)12-6-7-13-3/h9-12H,4-8H2,1-3H3. The van der Waals surface area contributed by atoms with E-state index in [1.54, 1.807) is 7.11 Å². The Morgan fingerprint density at radius 2 is 2.08 bits per heavy atom. The smallest absolute Gasteiger partial charge is 0.0587 e. The highest BCUT2D eigenvalue weighted by Crippen LogP contribution is 2.28. The third-order valence-electron chi connectivity index (χ3n) is 3.17. The van der Waals surface area contributed by atoms with Gasteiger partial charge < -0.3 is 10.1 Å². The summed E-state index contributed by atoms with van der Waals surface area (Å²) in [7, 11) is 1.76. The average molecular weight is 185 g/mol. The summed E-state index contributed by atoms with van der Waals surface area (Å²) in [5.74, 6) is 1.74. The van der Waals surface area contributed by atoms with Gasteiger partial charge >= 0.3 is 0 Å². The number of methoxy groups -OCH3 is 1. The number of hydrogen-bond acceptors (Lipinski definition) is 2. The molecule has 0 radical (unpaired) electrons. The maximum absolute atomic E-state index is 5.03. The molecule has 0 amide bonds. The van der Waals surface area contributed by atoms with E-state index in [4.69, 9.17) is 4.74 Å². The Hall–Kier alpha value is -0.0800. The summed E-state index contributed by atoms with van der Waals surface area (Å²) < 4.78 is 5.03. The van der Waals surface area contributed by atoms with Crippen LogP contribution >= 0.6 is 0 Å². The fourth-order valence-corrected chi connectivity index (χ4v) is 2.16. The first kappa shape index (κ1) is 11.0. The molecule has 1 N–H and O–H groups in total. The average Bonchev–Trinajstić information content (AvgIpc) is 2.11. The van der Waals surface area contributed by atoms with Crippen molar-refractivity contribution in [1.82, 2.24) is 5.32 Å². The van der Waals surface area contributed by atoms with E-state index in [0.29, 0.717) is 0 Å². The molecule has 0 spiro atoms. The summed E-state index contributed by atoms with van der Waals surface area (Å²) in [5, 5.41) is 3.58. The van der Waals surface area contributed by atoms with E-state index in [9.17, 15) is 0 Å². The van der Waals surface area contributed by atoms with Gasteiger partial charge in [0.1, 0.15) is 0 Å². The Bertz CT molecular complexity index is 138. The van der Waals surface area contributed by atoms with Crippen LogP contribution in [-0.2, 0) is 4.74 Å². The molecule has 0 bridgehead atoms. The van der Waals surface area contributed by atoms with Gasteiger partial charge in [-0.05, 0) is 24.7 Å². The van der Waals surface area contributed by atoms with E-state index in [0.717, 1.165) is 31.0 Å². The molecule has 1 saturated carbocycles. The van der Waals surface area contributed by atoms with Crippen LogP contribution in [-0.4, -0.2) is 26.3 Å². The summed E-state index contributed by atoms with van der Waals surface area (Å²) >= 11 is 0. The molecular formula is C11H23NO. The molecule has 0 aromatic carbocycles. The molecule has 0 saturated heterocycles. The molecule has 2 heteroatoms. The molecular weight excluding hydrogens is 162 g/mol. The summed E-state index contributed by atoms with van der Waals surface area (Å²) in [6.07, 6.45) is 4.13. The molecule has 0 heterocycles. The van der Waals surface area contributed by atoms with Crippen molar-refractivity contribution in [2.75, 3.05) is 20.3 Å². The van der Waals surface area contributed by atoms with Crippen molar-refractivity contribution < 1.29 is 4.74 Å². The van der Waals surface area contributed by atoms with Crippen molar-refractivity contribution in [3.05, 3.63) is 0 Å². The van der Waals surface area contributed by atoms with Crippen LogP contribution in [0.3, 0.4) is 0 Å². The summed E-state index contributed by atoms with van der Waals surface area (Å²) in [5.41, 5.74) is 0. The first-order valence-corrected chi connectivity index (χ1v) is 5.46. The minimum atomic E-state index is 0.721. The van der Waals surface area contributed by atoms with Crippen LogP contribution in [0.4, 0.5) is 0 Å². The van der Waals surface area contributed by atoms with Gasteiger partial charge in [-0.1, -0.05) is 20.3 Å². The normalized spacial score (nSPS) is 34.8. The highest BCUT2D eigenvalue weighted by atomic mass is 16.5. The van der Waals surface area contributed by atoms with Crippen LogP contribution in [0.25, 0.3) is 0 Å². The van der Waals surface area contributed by atoms with Gasteiger partial charge in [0.25, 0.3) is 0 Å². The van der Waals surface area contributed by atoms with Gasteiger partial charge in [-0.15, -0.1) is 0 Å². The molecule has 78 valence electrons. The van der Waals surface area contributed by atoms with Crippen molar-refractivity contribution in [2.24, 2.45) is 11.8 Å². The molecule has 1 aliphatic carbocycles. The molecule has 1 fully saturated rings. The monoisotopic (exact) mass is 185 g/mol. The first-order valence-electron chi connectivity index (χ1n) is 5.46. The molecule has 2 nitrogen and oxygen atoms in total. The van der Waals surface area contributed by atoms with Gasteiger partial charge in [0.05, 0.1) is 6.61 Å². The van der Waals surface area contributed by atoms with Crippen molar-refractivity contribution >= 4 is 0 Å². The van der Waals surface area contributed by atoms with Gasteiger partial charge in [0, 0.05) is 19.7 Å². The minimum Gasteiger partial charge on any atom is -0.383 e. The van der Waals surface area contributed by atoms with Crippen LogP contribution in [0, 0.1) is 11.8 Å². The lowest BCUT2D eigenvalue weighted by Crippen LogP contribution is -2.40. The van der Waals surface area contributed by atoms with E-state index >= 15 is 0 Å². The fraction of sp³-hybridized carbons (Fsp3) is 1.00. The van der Waals surface area contributed by atoms with Crippen molar-refractivity contribution in [3.8, 4) is 0 Å². The SMILES string of the molecule is COCCNC1CC(C)CCC1C. The summed E-state index contributed by atoms with van der Waals surface area (Å²) in [4.78, 5) is 0. The van der Waals surface area contributed by atoms with Crippen LogP contribution in [0.15, 0.2) is 0 Å². The molecule has 0 aromatic rings. The predicted molar refractivity (Wildman–Crippen MR) is 55.8 cm³/mol. The maximum atomic E-state index is 5.03. The largest absolute Gasteiger partial charge is 0.383 e. The Labute approximate surface area is 82.0 Å². The van der Waals surface area contributed by atoms with Crippen molar-refractivity contribution in [3.63, 3.8) is 0 Å². The van der Waals surface area contributed by atoms with E-state index in [-0.39, 0.29) is 0 Å². The van der Waals surface area contributed by atoms with Gasteiger partial charge in [0.2, 0.25) is 0 Å². The molecule has 1 aliphatic rings. The highest BCUT2D eigenvalue weighted by molar-refractivity contribution is 4.80. The first-order chi connectivity index (χ1) is 6.24. The second-order valence-electron chi connectivity index (χ2n) is 4.45. The fourth-order valence-electron chi connectivity index (χ4n) is 2.16. The quantitative estimate of drug-likeness (QED) is 0.677. The van der Waals surface area contributed by atoms with Crippen molar-refractivity contribution in [1.29, 1.82) is 0 Å². The topological polar surface area (TPSA) is 21.3 Å². The van der Waals surface area contributed by atoms with E-state index in [2.05, 4.69) is 19.2 Å². The third-order valence-corrected chi connectivity index (χ3v) is 3.17. The second-order valence-corrected chi connectivity index (χ2v) is 4.45. The predicted octanol–water partition coefficient (Wildman–Crippen LogP) is 2.05. The maximum Gasteiger partial charge on any atom is 0.0587 e. The molecule has 3 unspecified atom stereocenters. The Morgan fingerprint density at radius 1 is 1.31 bits per heavy atom. The lowest BCUT2D eigenvalue weighted by Gasteiger charge is -2.33. The molecule has 1 rings (SSSR count). The zero-order chi connectivity index (χ0) is 9.68. The number of nitrogens with one attached hydrogen (secondary N) is 1. The van der Waals surface area contributed by atoms with Gasteiger partial charge in [0.15, 0.2) is 0 Å². The Kier molecular flexibility index (Phi) is 4.74. The van der Waals surface area contributed by atoms with E-state index in [1.165, 1.54) is 19.3 Å². The molecule has 3 atom stereocenters. The van der Waals surface area contributed by atoms with Crippen LogP contribution in [0.2, 0.25) is 0 Å². The van der Waals surface area contributed by atoms with Gasteiger partial charge in [-0.3, -0.25) is 0 Å². The molecule has 0 aliphatic heterocycles. The second kappa shape index (κ2) is 5.61. The Morgan fingerprint density at radius 3 is 2.77 bits per heavy atom. The summed E-state index contributed by atoms with van der Waals surface area (Å²) in [6, 6.07) is 0.721. The van der Waals surface area contributed by atoms with E-state index in [1.807, 2.05) is 0 Å². The lowest BCUT2D eigenvalue weighted by atomic mass is 9.80. The zero-order valence-electron chi connectivity index (χ0n) is 9.18. The number of ether oxygens (including phenoxy) is 1. The third kappa shape index (κ3) is 3.65. The number of rotatable bonds is 4. The number of hydrogen-bond donors (Lipinski definition) is 1.